The van der Waals surface area contributed by atoms with Gasteiger partial charge in [0.15, 0.2) is 0 Å². The molecule has 1 aliphatic carbocycles. The van der Waals surface area contributed by atoms with E-state index in [1.54, 1.807) is 0 Å². The van der Waals surface area contributed by atoms with E-state index in [-0.39, 0.29) is 0 Å². The second-order valence-electron chi connectivity index (χ2n) is 8.33. The van der Waals surface area contributed by atoms with E-state index in [1.807, 2.05) is 0 Å². The third-order valence-electron chi connectivity index (χ3n) is 6.40. The zero-order valence-corrected chi connectivity index (χ0v) is 18.7. The maximum Gasteiger partial charge on any atom is 0.142 e. The van der Waals surface area contributed by atoms with Gasteiger partial charge in [0.1, 0.15) is 17.5 Å². The van der Waals surface area contributed by atoms with Gasteiger partial charge in [-0.1, -0.05) is 50.7 Å². The molecule has 4 heteroatoms. The fourth-order valence-electron chi connectivity index (χ4n) is 4.68. The van der Waals surface area contributed by atoms with Gasteiger partial charge in [-0.3, -0.25) is 0 Å². The van der Waals surface area contributed by atoms with Crippen molar-refractivity contribution >= 4 is 11.5 Å². The van der Waals surface area contributed by atoms with Crippen LogP contribution >= 0.6 is 0 Å². The summed E-state index contributed by atoms with van der Waals surface area (Å²) in [5.74, 6) is 0.381. The van der Waals surface area contributed by atoms with Crippen LogP contribution in [0.1, 0.15) is 82.0 Å². The quantitative estimate of drug-likeness (QED) is 0.652. The topological polar surface area (TPSA) is 65.9 Å². The minimum absolute atomic E-state index is 0.381. The Balaban J connectivity index is 2.06. The molecule has 1 aromatic heterocycles. The van der Waals surface area contributed by atoms with Gasteiger partial charge in [0, 0.05) is 30.0 Å². The summed E-state index contributed by atoms with van der Waals surface area (Å²) in [6.07, 6.45) is 12.0. The Morgan fingerprint density at radius 3 is 2.03 bits per heavy atom. The largest absolute Gasteiger partial charge is 0.383 e. The summed E-state index contributed by atoms with van der Waals surface area (Å²) < 4.78 is 0. The SMILES string of the molecule is CCN(CC)c1ccc(-c2c(C#N)c(N)nc3c2CCCCCCCCCC3)cc1. The average molecular weight is 405 g/mol. The molecule has 0 fully saturated rings. The lowest BCUT2D eigenvalue weighted by Gasteiger charge is -2.22. The molecule has 0 bridgehead atoms. The van der Waals surface area contributed by atoms with Gasteiger partial charge in [0.25, 0.3) is 0 Å². The molecule has 160 valence electrons. The highest BCUT2D eigenvalue weighted by atomic mass is 15.1. The third kappa shape index (κ3) is 5.14. The van der Waals surface area contributed by atoms with Crippen molar-refractivity contribution in [2.75, 3.05) is 23.7 Å². The fraction of sp³-hybridized carbons (Fsp3) is 0.538. The minimum Gasteiger partial charge on any atom is -0.383 e. The predicted octanol–water partition coefficient (Wildman–Crippen LogP) is 6.27. The molecule has 2 N–H and O–H groups in total. The highest BCUT2D eigenvalue weighted by molar-refractivity contribution is 5.80. The number of aromatic nitrogens is 1. The summed E-state index contributed by atoms with van der Waals surface area (Å²) in [7, 11) is 0. The Labute approximate surface area is 182 Å². The van der Waals surface area contributed by atoms with Gasteiger partial charge in [0.2, 0.25) is 0 Å². The first-order valence-electron chi connectivity index (χ1n) is 11.8. The number of nitrogen functional groups attached to an aromatic ring is 1. The first-order chi connectivity index (χ1) is 14.7. The number of hydrogen-bond acceptors (Lipinski definition) is 4. The van der Waals surface area contributed by atoms with Gasteiger partial charge < -0.3 is 10.6 Å². The number of pyridine rings is 1. The summed E-state index contributed by atoms with van der Waals surface area (Å²) in [5.41, 5.74) is 12.5. The summed E-state index contributed by atoms with van der Waals surface area (Å²) in [6.45, 7) is 6.32. The Morgan fingerprint density at radius 1 is 0.900 bits per heavy atom. The van der Waals surface area contributed by atoms with Crippen LogP contribution in [0.5, 0.6) is 0 Å². The number of anilines is 2. The van der Waals surface area contributed by atoms with Gasteiger partial charge in [-0.05, 0) is 62.8 Å². The number of nitrogens with two attached hydrogens (primary N) is 1. The van der Waals surface area contributed by atoms with Crippen LogP contribution < -0.4 is 10.6 Å². The number of benzene rings is 1. The Kier molecular flexibility index (Phi) is 8.13. The van der Waals surface area contributed by atoms with Crippen molar-refractivity contribution in [2.45, 2.75) is 78.1 Å². The van der Waals surface area contributed by atoms with Gasteiger partial charge in [-0.2, -0.15) is 5.26 Å². The molecule has 1 heterocycles. The van der Waals surface area contributed by atoms with Crippen molar-refractivity contribution in [1.29, 1.82) is 5.26 Å². The Morgan fingerprint density at radius 2 is 1.47 bits per heavy atom. The second kappa shape index (κ2) is 11.0. The number of fused-ring (bicyclic) bond motifs is 1. The lowest BCUT2D eigenvalue weighted by Crippen LogP contribution is -2.21. The van der Waals surface area contributed by atoms with E-state index in [4.69, 9.17) is 10.7 Å². The highest BCUT2D eigenvalue weighted by Crippen LogP contribution is 2.35. The van der Waals surface area contributed by atoms with Crippen LogP contribution in [0.4, 0.5) is 11.5 Å². The molecule has 4 nitrogen and oxygen atoms in total. The van der Waals surface area contributed by atoms with E-state index >= 15 is 0 Å². The lowest BCUT2D eigenvalue weighted by molar-refractivity contribution is 0.557. The van der Waals surface area contributed by atoms with Gasteiger partial charge in [0.05, 0.1) is 0 Å². The molecule has 0 unspecified atom stereocenters. The van der Waals surface area contributed by atoms with E-state index < -0.39 is 0 Å². The van der Waals surface area contributed by atoms with Crippen molar-refractivity contribution in [3.8, 4) is 17.2 Å². The fourth-order valence-corrected chi connectivity index (χ4v) is 4.68. The maximum absolute atomic E-state index is 9.91. The van der Waals surface area contributed by atoms with E-state index in [0.717, 1.165) is 55.6 Å². The number of nitriles is 1. The standard InChI is InChI=1S/C26H36N4/c1-3-30(4-2)21-17-15-20(16-18-21)25-22-13-11-9-7-5-6-8-10-12-14-24(22)29-26(28)23(25)19-27/h15-18H,3-14H2,1-2H3,(H2,28,29). The molecule has 0 saturated heterocycles. The van der Waals surface area contributed by atoms with Crippen LogP contribution in [0.2, 0.25) is 0 Å². The molecule has 0 amide bonds. The minimum atomic E-state index is 0.381. The van der Waals surface area contributed by atoms with E-state index in [9.17, 15) is 5.26 Å². The van der Waals surface area contributed by atoms with Crippen LogP contribution in [-0.2, 0) is 12.8 Å². The van der Waals surface area contributed by atoms with Crippen molar-refractivity contribution in [3.05, 3.63) is 41.1 Å². The zero-order chi connectivity index (χ0) is 21.3. The molecular formula is C26H36N4. The summed E-state index contributed by atoms with van der Waals surface area (Å²) in [4.78, 5) is 7.05. The first kappa shape index (κ1) is 22.2. The molecule has 0 aliphatic heterocycles. The van der Waals surface area contributed by atoms with E-state index in [1.165, 1.54) is 49.8 Å². The van der Waals surface area contributed by atoms with Crippen LogP contribution in [0.3, 0.4) is 0 Å². The number of rotatable bonds is 4. The normalized spacial score (nSPS) is 15.4. The molecule has 0 spiro atoms. The Hall–Kier alpha value is -2.54. The molecule has 1 aliphatic rings. The van der Waals surface area contributed by atoms with Crippen LogP contribution in [0, 0.1) is 11.3 Å². The number of hydrogen-bond donors (Lipinski definition) is 1. The van der Waals surface area contributed by atoms with Crippen molar-refractivity contribution in [2.24, 2.45) is 0 Å². The predicted molar refractivity (Wildman–Crippen MR) is 127 cm³/mol. The maximum atomic E-state index is 9.91. The Bertz CT molecular complexity index is 860. The smallest absolute Gasteiger partial charge is 0.142 e. The molecule has 3 rings (SSSR count). The van der Waals surface area contributed by atoms with E-state index in [2.05, 4.69) is 49.1 Å². The van der Waals surface area contributed by atoms with Gasteiger partial charge >= 0.3 is 0 Å². The molecular weight excluding hydrogens is 368 g/mol. The monoisotopic (exact) mass is 404 g/mol. The number of aryl methyl sites for hydroxylation is 1. The molecule has 1 aromatic carbocycles. The van der Waals surface area contributed by atoms with Crippen LogP contribution in [0.15, 0.2) is 24.3 Å². The van der Waals surface area contributed by atoms with Gasteiger partial charge in [-0.25, -0.2) is 4.98 Å². The second-order valence-corrected chi connectivity index (χ2v) is 8.33. The summed E-state index contributed by atoms with van der Waals surface area (Å²) in [5, 5.41) is 9.91. The lowest BCUT2D eigenvalue weighted by atomic mass is 9.89. The summed E-state index contributed by atoms with van der Waals surface area (Å²) in [6, 6.07) is 11.0. The highest BCUT2D eigenvalue weighted by Gasteiger charge is 2.20. The van der Waals surface area contributed by atoms with Gasteiger partial charge in [-0.15, -0.1) is 0 Å². The molecule has 0 atom stereocenters. The van der Waals surface area contributed by atoms with Crippen molar-refractivity contribution in [1.82, 2.24) is 4.98 Å². The van der Waals surface area contributed by atoms with Crippen LogP contribution in [0.25, 0.3) is 11.1 Å². The van der Waals surface area contributed by atoms with Crippen molar-refractivity contribution in [3.63, 3.8) is 0 Å². The van der Waals surface area contributed by atoms with E-state index in [0.29, 0.717) is 11.4 Å². The number of nitrogens with zero attached hydrogens (tertiary/aromatic N) is 3. The van der Waals surface area contributed by atoms with Crippen molar-refractivity contribution < 1.29 is 0 Å². The third-order valence-corrected chi connectivity index (χ3v) is 6.40. The summed E-state index contributed by atoms with van der Waals surface area (Å²) >= 11 is 0. The molecule has 0 saturated carbocycles. The first-order valence-corrected chi connectivity index (χ1v) is 11.8. The molecule has 2 aromatic rings. The average Bonchev–Trinajstić information content (AvgIpc) is 2.75. The molecule has 30 heavy (non-hydrogen) atoms. The van der Waals surface area contributed by atoms with Crippen LogP contribution in [-0.4, -0.2) is 18.1 Å². The molecule has 0 radical (unpaired) electrons. The zero-order valence-electron chi connectivity index (χ0n) is 18.7.